The molecule has 0 saturated carbocycles. The van der Waals surface area contributed by atoms with Crippen LogP contribution >= 0.6 is 0 Å². The summed E-state index contributed by atoms with van der Waals surface area (Å²) in [4.78, 5) is 0. The van der Waals surface area contributed by atoms with Gasteiger partial charge in [0, 0.05) is 0 Å². The molecule has 0 radical (unpaired) electrons. The molecule has 0 fully saturated rings. The van der Waals surface area contributed by atoms with Gasteiger partial charge in [0.05, 0.1) is 0 Å². The minimum absolute atomic E-state index is 0. The molecule has 0 aromatic rings. The van der Waals surface area contributed by atoms with E-state index in [1.807, 2.05) is 0 Å². The van der Waals surface area contributed by atoms with E-state index >= 15 is 0 Å². The molecule has 2 nitrogen and oxygen atoms in total. The second kappa shape index (κ2) is 87.5. The second-order valence-electron chi connectivity index (χ2n) is 0. The van der Waals surface area contributed by atoms with Crippen LogP contribution in [-0.2, 0) is 0 Å². The summed E-state index contributed by atoms with van der Waals surface area (Å²) in [5.41, 5.74) is 0. The molecule has 4 N–H and O–H groups in total. The van der Waals surface area contributed by atoms with Crippen molar-refractivity contribution in [3.63, 3.8) is 0 Å². The van der Waals surface area contributed by atoms with Crippen LogP contribution in [0.15, 0.2) is 0 Å². The van der Waals surface area contributed by atoms with E-state index in [2.05, 4.69) is 11.7 Å². The summed E-state index contributed by atoms with van der Waals surface area (Å²) in [5.74, 6) is 8.00. The standard InChI is InChI=1S/2ClH.H4N2/c;;1-2/h2*1H;1-2H2/p-2. The highest BCUT2D eigenvalue weighted by Crippen LogP contribution is -0.0190. The Labute approximate surface area is 37.3 Å². The van der Waals surface area contributed by atoms with Crippen molar-refractivity contribution in [1.82, 2.24) is 0 Å². The molecule has 4 heteroatoms. The maximum Gasteiger partial charge on any atom is -0.274 e. The van der Waals surface area contributed by atoms with E-state index in [4.69, 9.17) is 0 Å². The van der Waals surface area contributed by atoms with Crippen molar-refractivity contribution >= 4 is 0 Å². The van der Waals surface area contributed by atoms with Gasteiger partial charge in [0.2, 0.25) is 0 Å². The van der Waals surface area contributed by atoms with Gasteiger partial charge in [0.1, 0.15) is 0 Å². The van der Waals surface area contributed by atoms with Crippen LogP contribution in [0.2, 0.25) is 0 Å². The predicted octanol–water partition coefficient (Wildman–Crippen LogP) is -7.17. The van der Waals surface area contributed by atoms with Crippen molar-refractivity contribution in [2.45, 2.75) is 0 Å². The van der Waals surface area contributed by atoms with E-state index in [1.54, 1.807) is 0 Å². The molecule has 30 valence electrons. The molecule has 0 unspecified atom stereocenters. The van der Waals surface area contributed by atoms with Gasteiger partial charge in [0.15, 0.2) is 0 Å². The first kappa shape index (κ1) is 24.5. The Morgan fingerprint density at radius 2 is 0.750 bits per heavy atom. The average molecular weight is 103 g/mol. The van der Waals surface area contributed by atoms with Gasteiger partial charge in [-0.05, 0) is 0 Å². The molecule has 0 spiro atoms. The summed E-state index contributed by atoms with van der Waals surface area (Å²) in [6.45, 7) is 0. The maximum atomic E-state index is 4.00. The van der Waals surface area contributed by atoms with E-state index in [1.165, 1.54) is 0 Å². The second-order valence-corrected chi connectivity index (χ2v) is 0. The lowest BCUT2D eigenvalue weighted by Crippen LogP contribution is -3.00. The normalized spacial score (nSPS) is 1.50. The minimum atomic E-state index is 0. The SMILES string of the molecule is NN.[Cl-].[Cl-]. The van der Waals surface area contributed by atoms with Gasteiger partial charge >= 0.3 is 0 Å². The molecule has 0 heterocycles. The van der Waals surface area contributed by atoms with Crippen LogP contribution in [0.3, 0.4) is 0 Å². The number of hydrogen-bond acceptors (Lipinski definition) is 2. The predicted molar refractivity (Wildman–Crippen MR) is 8.37 cm³/mol. The van der Waals surface area contributed by atoms with Crippen molar-refractivity contribution in [2.75, 3.05) is 0 Å². The molecule has 0 aliphatic rings. The minimum Gasteiger partial charge on any atom is -1.00 e. The fourth-order valence-electron chi connectivity index (χ4n) is 0. The van der Waals surface area contributed by atoms with Gasteiger partial charge in [-0.2, -0.15) is 0 Å². The number of hydrogen-bond donors (Lipinski definition) is 2. The Morgan fingerprint density at radius 1 is 0.750 bits per heavy atom. The van der Waals surface area contributed by atoms with Crippen LogP contribution in [0.5, 0.6) is 0 Å². The zero-order valence-corrected chi connectivity index (χ0v) is 3.42. The highest BCUT2D eigenvalue weighted by Gasteiger charge is 0.726. The average Bonchev–Trinajstić information content (AvgIpc) is 1.00. The van der Waals surface area contributed by atoms with Gasteiger partial charge in [-0.25, -0.2) is 0 Å². The van der Waals surface area contributed by atoms with Crippen molar-refractivity contribution in [3.05, 3.63) is 0 Å². The first-order valence-electron chi connectivity index (χ1n) is 0.333. The Kier molecular flexibility index (Phi) is 536. The number of hydrazine groups is 1. The van der Waals surface area contributed by atoms with Gasteiger partial charge in [-0.3, -0.25) is 11.7 Å². The third-order valence-corrected chi connectivity index (χ3v) is 0. The molecule has 0 saturated heterocycles. The first-order valence-corrected chi connectivity index (χ1v) is 0.333. The van der Waals surface area contributed by atoms with E-state index in [9.17, 15) is 0 Å². The van der Waals surface area contributed by atoms with Crippen LogP contribution in [0.1, 0.15) is 0 Å². The third-order valence-electron chi connectivity index (χ3n) is 0. The summed E-state index contributed by atoms with van der Waals surface area (Å²) < 4.78 is 0. The van der Waals surface area contributed by atoms with Crippen LogP contribution in [-0.4, -0.2) is 0 Å². The fourth-order valence-corrected chi connectivity index (χ4v) is 0. The highest BCUT2D eigenvalue weighted by atomic mass is 35.5. The monoisotopic (exact) mass is 102 g/mol. The molecule has 0 aliphatic heterocycles. The van der Waals surface area contributed by atoms with E-state index in [0.29, 0.717) is 0 Å². The first-order chi connectivity index (χ1) is 1.00. The lowest BCUT2D eigenvalue weighted by molar-refractivity contribution is -0.00100. The molecule has 0 aromatic carbocycles. The van der Waals surface area contributed by atoms with E-state index in [-0.39, 0.29) is 24.8 Å². The lowest BCUT2D eigenvalue weighted by atomic mass is 13.0. The van der Waals surface area contributed by atoms with Crippen LogP contribution < -0.4 is 36.5 Å². The molecule has 0 aromatic heterocycles. The topological polar surface area (TPSA) is 52.0 Å². The van der Waals surface area contributed by atoms with Crippen molar-refractivity contribution in [2.24, 2.45) is 11.7 Å². The molecule has 0 atom stereocenters. The Hall–Kier alpha value is 0.500. The summed E-state index contributed by atoms with van der Waals surface area (Å²) in [5, 5.41) is 0. The van der Waals surface area contributed by atoms with E-state index < -0.39 is 0 Å². The van der Waals surface area contributed by atoms with Gasteiger partial charge < -0.3 is 24.8 Å². The quantitative estimate of drug-likeness (QED) is 0.236. The fraction of sp³-hybridized carbons (Fsp3) is 0. The Balaban J connectivity index is -0.00000000500. The van der Waals surface area contributed by atoms with Gasteiger partial charge in [0.25, 0.3) is 0 Å². The van der Waals surface area contributed by atoms with Crippen molar-refractivity contribution < 1.29 is 24.8 Å². The zero-order chi connectivity index (χ0) is 2.00. The number of halogens is 2. The molecule has 0 rings (SSSR count). The van der Waals surface area contributed by atoms with E-state index in [0.717, 1.165) is 0 Å². The van der Waals surface area contributed by atoms with Crippen LogP contribution in [0.4, 0.5) is 0 Å². The third kappa shape index (κ3) is 22.5. The van der Waals surface area contributed by atoms with Gasteiger partial charge in [-0.1, -0.05) is 0 Å². The van der Waals surface area contributed by atoms with Crippen LogP contribution in [0, 0.1) is 0 Å². The molecule has 0 amide bonds. The summed E-state index contributed by atoms with van der Waals surface area (Å²) in [7, 11) is 0. The largest absolute Gasteiger partial charge is 1.00 e. The summed E-state index contributed by atoms with van der Waals surface area (Å²) in [6.07, 6.45) is 0. The van der Waals surface area contributed by atoms with Crippen molar-refractivity contribution in [1.29, 1.82) is 0 Å². The molecular weight excluding hydrogens is 98.9 g/mol. The Bertz CT molecular complexity index is 4.00. The number of nitrogens with two attached hydrogens (primary N) is 2. The van der Waals surface area contributed by atoms with Gasteiger partial charge in [-0.15, -0.1) is 0 Å². The van der Waals surface area contributed by atoms with Crippen LogP contribution in [0.25, 0.3) is 0 Å². The summed E-state index contributed by atoms with van der Waals surface area (Å²) in [6, 6.07) is 0. The molecular formula is H4Cl2N2-2. The Morgan fingerprint density at radius 3 is 0.750 bits per heavy atom. The smallest absolute Gasteiger partial charge is 0.274 e. The maximum absolute atomic E-state index is 4.00. The lowest BCUT2D eigenvalue weighted by Gasteiger charge is -1.27. The molecule has 0 bridgehead atoms. The van der Waals surface area contributed by atoms with Crippen molar-refractivity contribution in [3.8, 4) is 0 Å². The molecule has 0 aliphatic carbocycles. The zero-order valence-electron chi connectivity index (χ0n) is 1.91. The molecule has 4 heavy (non-hydrogen) atoms. The summed E-state index contributed by atoms with van der Waals surface area (Å²) >= 11 is 0. The number of rotatable bonds is 0. The highest BCUT2D eigenvalue weighted by molar-refractivity contribution is 3.26.